The minimum atomic E-state index is 1.16. The fourth-order valence-electron chi connectivity index (χ4n) is 1.24. The molecule has 0 saturated carbocycles. The Balaban J connectivity index is 3.46. The van der Waals surface area contributed by atoms with Gasteiger partial charge in [-0.15, -0.1) is 0 Å². The van der Waals surface area contributed by atoms with E-state index in [0.717, 1.165) is 11.3 Å². The van der Waals surface area contributed by atoms with Crippen molar-refractivity contribution in [3.05, 3.63) is 5.69 Å². The van der Waals surface area contributed by atoms with Crippen molar-refractivity contribution in [2.45, 2.75) is 6.92 Å². The molecule has 0 aliphatic carbocycles. The van der Waals surface area contributed by atoms with E-state index in [1.807, 2.05) is 0 Å². The van der Waals surface area contributed by atoms with Gasteiger partial charge in [0.1, 0.15) is 23.5 Å². The van der Waals surface area contributed by atoms with E-state index in [-0.39, 0.29) is 0 Å². The highest BCUT2D eigenvalue weighted by Crippen LogP contribution is 1.75. The average Bonchev–Trinajstić information content (AvgIpc) is 1.97. The van der Waals surface area contributed by atoms with Gasteiger partial charge in [-0.3, -0.25) is 4.98 Å². The molecule has 1 aromatic rings. The van der Waals surface area contributed by atoms with Crippen molar-refractivity contribution < 1.29 is 0 Å². The van der Waals surface area contributed by atoms with Crippen molar-refractivity contribution in [3.63, 3.8) is 0 Å². The number of aryl methyl sites for hydroxylation is 1. The van der Waals surface area contributed by atoms with Crippen molar-refractivity contribution in [1.29, 1.82) is 0 Å². The van der Waals surface area contributed by atoms with Crippen molar-refractivity contribution >= 4 is 53.4 Å². The van der Waals surface area contributed by atoms with Crippen LogP contribution in [0.25, 0.3) is 0 Å². The lowest BCUT2D eigenvalue weighted by atomic mass is 9.69. The van der Waals surface area contributed by atoms with E-state index in [0.29, 0.717) is 0 Å². The van der Waals surface area contributed by atoms with E-state index in [1.165, 1.54) is 16.4 Å². The van der Waals surface area contributed by atoms with Gasteiger partial charge in [-0.2, -0.15) is 0 Å². The predicted molar refractivity (Wildman–Crippen MR) is 61.7 cm³/mol. The third-order valence-electron chi connectivity index (χ3n) is 2.55. The summed E-state index contributed by atoms with van der Waals surface area (Å²) < 4.78 is 0. The molecule has 0 aromatic carbocycles. The molecule has 0 radical (unpaired) electrons. The number of aromatic nitrogens is 1. The maximum atomic E-state index is 4.43. The molecule has 1 aromatic heterocycles. The van der Waals surface area contributed by atoms with Gasteiger partial charge in [0.05, 0.1) is 0 Å². The van der Waals surface area contributed by atoms with Crippen LogP contribution < -0.4 is 22.0 Å². The van der Waals surface area contributed by atoms with E-state index < -0.39 is 0 Å². The van der Waals surface area contributed by atoms with Gasteiger partial charge in [0.2, 0.25) is 0 Å². The second-order valence-electron chi connectivity index (χ2n) is 3.16. The largest absolute Gasteiger partial charge is 0.270 e. The molecule has 1 heterocycles. The Morgan fingerprint density at radius 3 is 2.00 bits per heavy atom. The number of rotatable bonds is 0. The molecule has 0 aliphatic heterocycles. The van der Waals surface area contributed by atoms with Crippen molar-refractivity contribution in [2.75, 3.05) is 0 Å². The van der Waals surface area contributed by atoms with Crippen molar-refractivity contribution in [3.8, 4) is 0 Å². The van der Waals surface area contributed by atoms with E-state index in [9.17, 15) is 0 Å². The summed E-state index contributed by atoms with van der Waals surface area (Å²) in [6.07, 6.45) is 0. The fraction of sp³-hybridized carbons (Fsp3) is 0.167. The molecule has 0 amide bonds. The first-order valence-electron chi connectivity index (χ1n) is 3.95. The van der Waals surface area contributed by atoms with Crippen LogP contribution in [-0.4, -0.2) is 36.4 Å². The zero-order chi connectivity index (χ0) is 8.59. The van der Waals surface area contributed by atoms with E-state index in [4.69, 9.17) is 0 Å². The average molecular weight is 140 g/mol. The number of hydrogen-bond acceptors (Lipinski definition) is 1. The SMILES string of the molecule is Bc1nc(C)c(B)c(B)c1B. The molecule has 0 aliphatic rings. The van der Waals surface area contributed by atoms with Gasteiger partial charge in [0.25, 0.3) is 0 Å². The van der Waals surface area contributed by atoms with Gasteiger partial charge in [-0.25, -0.2) is 0 Å². The van der Waals surface area contributed by atoms with Crippen LogP contribution in [0.5, 0.6) is 0 Å². The lowest BCUT2D eigenvalue weighted by molar-refractivity contribution is 1.28. The van der Waals surface area contributed by atoms with Crippen LogP contribution in [0.15, 0.2) is 0 Å². The summed E-state index contributed by atoms with van der Waals surface area (Å²) in [6.45, 7) is 2.06. The van der Waals surface area contributed by atoms with Crippen LogP contribution >= 0.6 is 0 Å². The number of pyridine rings is 1. The van der Waals surface area contributed by atoms with E-state index >= 15 is 0 Å². The molecule has 0 unspecified atom stereocenters. The quantitative estimate of drug-likeness (QED) is 0.328. The van der Waals surface area contributed by atoms with E-state index in [1.54, 1.807) is 0 Å². The lowest BCUT2D eigenvalue weighted by Crippen LogP contribution is -2.50. The van der Waals surface area contributed by atoms with Gasteiger partial charge >= 0.3 is 0 Å². The topological polar surface area (TPSA) is 12.9 Å². The summed E-state index contributed by atoms with van der Waals surface area (Å²) >= 11 is 0. The Kier molecular flexibility index (Phi) is 2.17. The molecular weight excluding hydrogens is 129 g/mol. The number of nitrogens with zero attached hydrogens (tertiary/aromatic N) is 1. The van der Waals surface area contributed by atoms with Crippen LogP contribution in [0, 0.1) is 6.92 Å². The molecule has 1 rings (SSSR count). The molecule has 11 heavy (non-hydrogen) atoms. The van der Waals surface area contributed by atoms with Crippen molar-refractivity contribution in [2.24, 2.45) is 0 Å². The molecular formula is C6H11B4N. The summed E-state index contributed by atoms with van der Waals surface area (Å²) in [5, 5.41) is 0. The van der Waals surface area contributed by atoms with Crippen molar-refractivity contribution in [1.82, 2.24) is 4.98 Å². The van der Waals surface area contributed by atoms with Crippen LogP contribution in [0.4, 0.5) is 0 Å². The lowest BCUT2D eigenvalue weighted by Gasteiger charge is -2.10. The first-order chi connectivity index (χ1) is 5.04. The zero-order valence-electron chi connectivity index (χ0n) is 7.95. The molecule has 0 spiro atoms. The summed E-state index contributed by atoms with van der Waals surface area (Å²) in [4.78, 5) is 4.43. The van der Waals surface area contributed by atoms with E-state index in [2.05, 4.69) is 43.3 Å². The molecule has 52 valence electrons. The standard InChI is InChI=1S/C6H11B4N/c1-2-3(7)4(8)5(9)6(10)11-2/h7-10H2,1H3. The minimum absolute atomic E-state index is 1.16. The fourth-order valence-corrected chi connectivity index (χ4v) is 1.24. The third-order valence-corrected chi connectivity index (χ3v) is 2.55. The Bertz CT molecular complexity index is 271. The first-order valence-corrected chi connectivity index (χ1v) is 3.95. The molecule has 1 nitrogen and oxygen atoms in total. The Hall–Kier alpha value is -0.590. The molecule has 0 N–H and O–H groups in total. The Morgan fingerprint density at radius 2 is 1.45 bits per heavy atom. The maximum absolute atomic E-state index is 4.43. The Labute approximate surface area is 71.6 Å². The second kappa shape index (κ2) is 2.80. The first kappa shape index (κ1) is 8.51. The summed E-state index contributed by atoms with van der Waals surface area (Å²) in [6, 6.07) is 0. The minimum Gasteiger partial charge on any atom is -0.270 e. The highest BCUT2D eigenvalue weighted by molar-refractivity contribution is 6.61. The van der Waals surface area contributed by atoms with Gasteiger partial charge in [-0.05, 0) is 12.5 Å². The van der Waals surface area contributed by atoms with Crippen LogP contribution in [0.1, 0.15) is 5.69 Å². The molecule has 0 bridgehead atoms. The predicted octanol–water partition coefficient (Wildman–Crippen LogP) is -5.58. The summed E-state index contributed by atoms with van der Waals surface area (Å²) in [5.74, 6) is 0. The third kappa shape index (κ3) is 1.37. The van der Waals surface area contributed by atoms with Crippen LogP contribution in [0.2, 0.25) is 0 Å². The smallest absolute Gasteiger partial charge is 0.163 e. The number of hydrogen-bond donors (Lipinski definition) is 0. The van der Waals surface area contributed by atoms with Gasteiger partial charge in [0.15, 0.2) is 7.85 Å². The zero-order valence-corrected chi connectivity index (χ0v) is 7.95. The molecule has 0 atom stereocenters. The van der Waals surface area contributed by atoms with Crippen LogP contribution in [-0.2, 0) is 0 Å². The summed E-state index contributed by atoms with van der Waals surface area (Å²) in [7, 11) is 8.48. The molecule has 0 saturated heterocycles. The highest BCUT2D eigenvalue weighted by atomic mass is 14.7. The summed E-state index contributed by atoms with van der Waals surface area (Å²) in [5.41, 5.74) is 6.35. The van der Waals surface area contributed by atoms with Gasteiger partial charge in [-0.1, -0.05) is 16.4 Å². The molecule has 0 fully saturated rings. The van der Waals surface area contributed by atoms with Crippen LogP contribution in [0.3, 0.4) is 0 Å². The molecule has 5 heteroatoms. The monoisotopic (exact) mass is 141 g/mol. The highest BCUT2D eigenvalue weighted by Gasteiger charge is 2.03. The van der Waals surface area contributed by atoms with Gasteiger partial charge < -0.3 is 0 Å². The maximum Gasteiger partial charge on any atom is 0.163 e. The van der Waals surface area contributed by atoms with Gasteiger partial charge in [0, 0.05) is 5.69 Å². The Morgan fingerprint density at radius 1 is 0.909 bits per heavy atom. The second-order valence-corrected chi connectivity index (χ2v) is 3.16. The normalized spacial score (nSPS) is 9.91.